The summed E-state index contributed by atoms with van der Waals surface area (Å²) < 4.78 is 6.96. The fourth-order valence-corrected chi connectivity index (χ4v) is 3.55. The SMILES string of the molecule is CCOC(=O)C(CNC(=O)C1(n2cccn2)CCNCC1)c1ccccc1.Cl. The summed E-state index contributed by atoms with van der Waals surface area (Å²) in [5.74, 6) is -0.980. The van der Waals surface area contributed by atoms with Crippen LogP contribution in [-0.2, 0) is 19.9 Å². The molecule has 152 valence electrons. The minimum Gasteiger partial charge on any atom is -0.465 e. The maximum atomic E-state index is 13.2. The van der Waals surface area contributed by atoms with Crippen molar-refractivity contribution in [3.05, 3.63) is 54.4 Å². The summed E-state index contributed by atoms with van der Waals surface area (Å²) in [6.07, 6.45) is 4.80. The largest absolute Gasteiger partial charge is 0.465 e. The maximum Gasteiger partial charge on any atom is 0.315 e. The third-order valence-electron chi connectivity index (χ3n) is 5.04. The first-order chi connectivity index (χ1) is 13.2. The predicted molar refractivity (Wildman–Crippen MR) is 108 cm³/mol. The van der Waals surface area contributed by atoms with Crippen LogP contribution in [0.2, 0.25) is 0 Å². The number of nitrogens with one attached hydrogen (secondary N) is 2. The number of halogens is 1. The van der Waals surface area contributed by atoms with Crippen molar-refractivity contribution in [3.63, 3.8) is 0 Å². The zero-order chi connectivity index (χ0) is 19.1. The number of carbonyl (C=O) groups excluding carboxylic acids is 2. The summed E-state index contributed by atoms with van der Waals surface area (Å²) >= 11 is 0. The second kappa shape index (κ2) is 10.2. The predicted octanol–water partition coefficient (Wildman–Crippen LogP) is 1.85. The molecule has 1 unspecified atom stereocenters. The van der Waals surface area contributed by atoms with Gasteiger partial charge in [0.15, 0.2) is 0 Å². The van der Waals surface area contributed by atoms with E-state index in [1.54, 1.807) is 17.8 Å². The summed E-state index contributed by atoms with van der Waals surface area (Å²) in [4.78, 5) is 25.6. The lowest BCUT2D eigenvalue weighted by Crippen LogP contribution is -2.55. The van der Waals surface area contributed by atoms with Crippen molar-refractivity contribution >= 4 is 24.3 Å². The smallest absolute Gasteiger partial charge is 0.315 e. The molecule has 1 atom stereocenters. The van der Waals surface area contributed by atoms with Crippen LogP contribution in [0.1, 0.15) is 31.2 Å². The van der Waals surface area contributed by atoms with E-state index in [-0.39, 0.29) is 30.8 Å². The van der Waals surface area contributed by atoms with Gasteiger partial charge in [-0.25, -0.2) is 0 Å². The number of benzene rings is 1. The third-order valence-corrected chi connectivity index (χ3v) is 5.04. The van der Waals surface area contributed by atoms with Crippen molar-refractivity contribution in [2.45, 2.75) is 31.2 Å². The van der Waals surface area contributed by atoms with E-state index < -0.39 is 11.5 Å². The number of nitrogens with zero attached hydrogens (tertiary/aromatic N) is 2. The van der Waals surface area contributed by atoms with Crippen LogP contribution in [0.25, 0.3) is 0 Å². The van der Waals surface area contributed by atoms with Gasteiger partial charge in [-0.2, -0.15) is 5.10 Å². The normalized spacial score (nSPS) is 16.5. The van der Waals surface area contributed by atoms with Crippen LogP contribution in [0.3, 0.4) is 0 Å². The Morgan fingerprint density at radius 3 is 2.57 bits per heavy atom. The molecule has 1 aromatic carbocycles. The molecule has 1 fully saturated rings. The fraction of sp³-hybridized carbons (Fsp3) is 0.450. The van der Waals surface area contributed by atoms with Crippen molar-refractivity contribution in [2.24, 2.45) is 0 Å². The zero-order valence-corrected chi connectivity index (χ0v) is 16.8. The van der Waals surface area contributed by atoms with Crippen molar-refractivity contribution in [2.75, 3.05) is 26.2 Å². The molecule has 1 amide bonds. The highest BCUT2D eigenvalue weighted by atomic mass is 35.5. The molecular weight excluding hydrogens is 380 g/mol. The van der Waals surface area contributed by atoms with E-state index in [0.717, 1.165) is 18.7 Å². The standard InChI is InChI=1S/C20H26N4O3.ClH/c1-2-27-18(25)17(16-7-4-3-5-8-16)15-22-19(26)20(9-12-21-13-10-20)24-14-6-11-23-24;/h3-8,11,14,17,21H,2,9-10,12-13,15H2,1H3,(H,22,26);1H. The number of aromatic nitrogens is 2. The lowest BCUT2D eigenvalue weighted by atomic mass is 9.87. The Labute approximate surface area is 171 Å². The van der Waals surface area contributed by atoms with Gasteiger partial charge in [-0.15, -0.1) is 12.4 Å². The molecule has 28 heavy (non-hydrogen) atoms. The summed E-state index contributed by atoms with van der Waals surface area (Å²) in [6, 6.07) is 11.2. The van der Waals surface area contributed by atoms with Crippen LogP contribution in [0, 0.1) is 0 Å². The molecule has 1 saturated heterocycles. The molecule has 0 saturated carbocycles. The van der Waals surface area contributed by atoms with Gasteiger partial charge in [0.05, 0.1) is 12.5 Å². The quantitative estimate of drug-likeness (QED) is 0.685. The molecule has 1 aromatic heterocycles. The van der Waals surface area contributed by atoms with Crippen molar-refractivity contribution in [1.29, 1.82) is 0 Å². The van der Waals surface area contributed by atoms with Gasteiger partial charge in [0.25, 0.3) is 0 Å². The van der Waals surface area contributed by atoms with Crippen LogP contribution in [0.5, 0.6) is 0 Å². The molecule has 2 aromatic rings. The second-order valence-corrected chi connectivity index (χ2v) is 6.66. The number of ether oxygens (including phenoxy) is 1. The molecular formula is C20H27ClN4O3. The number of carbonyl (C=O) groups is 2. The lowest BCUT2D eigenvalue weighted by Gasteiger charge is -2.36. The van der Waals surface area contributed by atoms with Crippen molar-refractivity contribution < 1.29 is 14.3 Å². The van der Waals surface area contributed by atoms with E-state index in [4.69, 9.17) is 4.74 Å². The molecule has 8 heteroatoms. The minimum absolute atomic E-state index is 0. The molecule has 0 spiro atoms. The van der Waals surface area contributed by atoms with Crippen LogP contribution in [0.4, 0.5) is 0 Å². The average molecular weight is 407 g/mol. The van der Waals surface area contributed by atoms with Gasteiger partial charge in [0.2, 0.25) is 5.91 Å². The van der Waals surface area contributed by atoms with Gasteiger partial charge >= 0.3 is 5.97 Å². The summed E-state index contributed by atoms with van der Waals surface area (Å²) in [6.45, 7) is 3.76. The number of hydrogen-bond acceptors (Lipinski definition) is 5. The first-order valence-corrected chi connectivity index (χ1v) is 9.38. The van der Waals surface area contributed by atoms with Gasteiger partial charge in [0.1, 0.15) is 5.54 Å². The van der Waals surface area contributed by atoms with E-state index in [1.165, 1.54) is 0 Å². The van der Waals surface area contributed by atoms with E-state index in [1.807, 2.05) is 42.6 Å². The number of hydrogen-bond donors (Lipinski definition) is 2. The van der Waals surface area contributed by atoms with E-state index in [9.17, 15) is 9.59 Å². The van der Waals surface area contributed by atoms with Crippen LogP contribution in [0.15, 0.2) is 48.8 Å². The number of piperidine rings is 1. The maximum absolute atomic E-state index is 13.2. The van der Waals surface area contributed by atoms with Gasteiger partial charge in [-0.05, 0) is 44.5 Å². The van der Waals surface area contributed by atoms with Gasteiger partial charge < -0.3 is 15.4 Å². The Morgan fingerprint density at radius 1 is 1.25 bits per heavy atom. The minimum atomic E-state index is -0.731. The molecule has 2 heterocycles. The van der Waals surface area contributed by atoms with Crippen molar-refractivity contribution in [3.8, 4) is 0 Å². The fourth-order valence-electron chi connectivity index (χ4n) is 3.55. The Kier molecular flexibility index (Phi) is 8.02. The van der Waals surface area contributed by atoms with Crippen molar-refractivity contribution in [1.82, 2.24) is 20.4 Å². The number of amides is 1. The number of esters is 1. The van der Waals surface area contributed by atoms with Crippen LogP contribution in [-0.4, -0.2) is 47.9 Å². The first kappa shape index (κ1) is 21.9. The second-order valence-electron chi connectivity index (χ2n) is 6.66. The summed E-state index contributed by atoms with van der Waals surface area (Å²) in [5, 5.41) is 10.6. The Balaban J connectivity index is 0.00000280. The first-order valence-electron chi connectivity index (χ1n) is 9.38. The van der Waals surface area contributed by atoms with Crippen LogP contribution >= 0.6 is 12.4 Å². The Morgan fingerprint density at radius 2 is 1.96 bits per heavy atom. The highest BCUT2D eigenvalue weighted by Gasteiger charge is 2.42. The lowest BCUT2D eigenvalue weighted by molar-refractivity contribution is -0.145. The highest BCUT2D eigenvalue weighted by Crippen LogP contribution is 2.27. The van der Waals surface area contributed by atoms with Crippen LogP contribution < -0.4 is 10.6 Å². The summed E-state index contributed by atoms with van der Waals surface area (Å²) in [7, 11) is 0. The summed E-state index contributed by atoms with van der Waals surface area (Å²) in [5.41, 5.74) is 0.0969. The number of rotatable bonds is 7. The van der Waals surface area contributed by atoms with E-state index in [2.05, 4.69) is 15.7 Å². The molecule has 0 radical (unpaired) electrons. The third kappa shape index (κ3) is 4.72. The monoisotopic (exact) mass is 406 g/mol. The van der Waals surface area contributed by atoms with E-state index >= 15 is 0 Å². The molecule has 1 aliphatic heterocycles. The Bertz CT molecular complexity index is 746. The molecule has 0 aliphatic carbocycles. The molecule has 7 nitrogen and oxygen atoms in total. The van der Waals surface area contributed by atoms with Gasteiger partial charge in [-0.1, -0.05) is 30.3 Å². The molecule has 3 rings (SSSR count). The molecule has 2 N–H and O–H groups in total. The zero-order valence-electron chi connectivity index (χ0n) is 16.0. The molecule has 1 aliphatic rings. The Hall–Kier alpha value is -2.38. The molecule has 0 bridgehead atoms. The van der Waals surface area contributed by atoms with Gasteiger partial charge in [0, 0.05) is 18.9 Å². The van der Waals surface area contributed by atoms with Gasteiger partial charge in [-0.3, -0.25) is 14.3 Å². The highest BCUT2D eigenvalue weighted by molar-refractivity contribution is 5.86. The van der Waals surface area contributed by atoms with E-state index in [0.29, 0.717) is 19.4 Å². The topological polar surface area (TPSA) is 85.2 Å². The average Bonchev–Trinajstić information content (AvgIpc) is 3.25.